The molecule has 1 N–H and O–H groups in total. The van der Waals surface area contributed by atoms with Crippen molar-refractivity contribution in [2.24, 2.45) is 0 Å². The van der Waals surface area contributed by atoms with Gasteiger partial charge in [-0.15, -0.1) is 0 Å². The fourth-order valence-electron chi connectivity index (χ4n) is 4.84. The standard InChI is InChI=1S/C31H27ClFNO5/c1-37-23-10-11-28(24(16-23)30(35)36)39-18-29(38-2)31(12-13-31)21-5-3-4-19(14-21)6-8-22-9-7-20-15-26(33)25(32)17-27(20)34-22/h3-11,14-17,29H,12-13,18H2,1-2H3,(H,35,36)/b8-6-/t29-/m0/s1. The highest BCUT2D eigenvalue weighted by atomic mass is 35.5. The van der Waals surface area contributed by atoms with Crippen molar-refractivity contribution in [2.45, 2.75) is 24.4 Å². The van der Waals surface area contributed by atoms with Crippen LogP contribution in [0.5, 0.6) is 11.5 Å². The molecule has 0 saturated heterocycles. The van der Waals surface area contributed by atoms with Crippen LogP contribution in [0.15, 0.2) is 66.7 Å². The number of nitrogens with zero attached hydrogens (tertiary/aromatic N) is 1. The second-order valence-electron chi connectivity index (χ2n) is 9.51. The first kappa shape index (κ1) is 26.7. The van der Waals surface area contributed by atoms with Crippen molar-refractivity contribution in [3.05, 3.63) is 100.0 Å². The van der Waals surface area contributed by atoms with Gasteiger partial charge in [-0.05, 0) is 66.4 Å². The minimum atomic E-state index is -1.09. The van der Waals surface area contributed by atoms with Gasteiger partial charge in [0.15, 0.2) is 0 Å². The van der Waals surface area contributed by atoms with E-state index in [0.717, 1.165) is 29.7 Å². The van der Waals surface area contributed by atoms with E-state index >= 15 is 0 Å². The largest absolute Gasteiger partial charge is 0.497 e. The van der Waals surface area contributed by atoms with E-state index < -0.39 is 11.8 Å². The third kappa shape index (κ3) is 5.60. The first-order valence-corrected chi connectivity index (χ1v) is 12.8. The van der Waals surface area contributed by atoms with Crippen LogP contribution in [0.1, 0.15) is 40.0 Å². The van der Waals surface area contributed by atoms with Gasteiger partial charge in [0.05, 0.1) is 23.3 Å². The monoisotopic (exact) mass is 547 g/mol. The van der Waals surface area contributed by atoms with Crippen LogP contribution in [-0.4, -0.2) is 43.0 Å². The van der Waals surface area contributed by atoms with Gasteiger partial charge in [0.1, 0.15) is 35.6 Å². The van der Waals surface area contributed by atoms with E-state index in [1.807, 2.05) is 36.4 Å². The Labute approximate surface area is 230 Å². The molecule has 1 saturated carbocycles. The fraction of sp³-hybridized carbons (Fsp3) is 0.226. The molecule has 6 nitrogen and oxygen atoms in total. The third-order valence-corrected chi connectivity index (χ3v) is 7.45. The summed E-state index contributed by atoms with van der Waals surface area (Å²) < 4.78 is 30.7. The number of carboxylic acid groups (broad SMARTS) is 1. The van der Waals surface area contributed by atoms with Gasteiger partial charge in [-0.1, -0.05) is 48.0 Å². The molecule has 1 aliphatic carbocycles. The van der Waals surface area contributed by atoms with E-state index in [1.54, 1.807) is 19.2 Å². The average molecular weight is 548 g/mol. The summed E-state index contributed by atoms with van der Waals surface area (Å²) in [6.45, 7) is 0.202. The number of carboxylic acids is 1. The Hall–Kier alpha value is -3.94. The van der Waals surface area contributed by atoms with Gasteiger partial charge in [0.25, 0.3) is 0 Å². The summed E-state index contributed by atoms with van der Waals surface area (Å²) in [5.41, 5.74) is 3.29. The van der Waals surface area contributed by atoms with Crippen molar-refractivity contribution in [1.82, 2.24) is 4.98 Å². The molecule has 1 aromatic heterocycles. The Morgan fingerprint density at radius 1 is 1.10 bits per heavy atom. The topological polar surface area (TPSA) is 77.9 Å². The molecule has 8 heteroatoms. The maximum Gasteiger partial charge on any atom is 0.339 e. The molecule has 1 atom stereocenters. The van der Waals surface area contributed by atoms with Gasteiger partial charge in [-0.2, -0.15) is 0 Å². The molecule has 0 bridgehead atoms. The molecular weight excluding hydrogens is 521 g/mol. The normalized spacial score (nSPS) is 14.9. The SMILES string of the molecule is COc1ccc(OC[C@H](OC)C2(c3cccc(/C=C\c4ccc5cc(F)c(Cl)cc5n4)c3)CC2)c(C(=O)O)c1. The molecule has 39 heavy (non-hydrogen) atoms. The van der Waals surface area contributed by atoms with Crippen LogP contribution in [0.25, 0.3) is 23.1 Å². The van der Waals surface area contributed by atoms with Crippen LogP contribution in [0, 0.1) is 5.82 Å². The summed E-state index contributed by atoms with van der Waals surface area (Å²) in [5, 5.41) is 10.3. The highest BCUT2D eigenvalue weighted by Crippen LogP contribution is 2.52. The number of aromatic carboxylic acids is 1. The molecule has 5 rings (SSSR count). The highest BCUT2D eigenvalue weighted by Gasteiger charge is 2.51. The van der Waals surface area contributed by atoms with Crippen molar-refractivity contribution >= 4 is 40.6 Å². The van der Waals surface area contributed by atoms with Gasteiger partial charge < -0.3 is 19.3 Å². The van der Waals surface area contributed by atoms with Gasteiger partial charge in [0, 0.05) is 17.9 Å². The number of carbonyl (C=O) groups is 1. The number of pyridine rings is 1. The summed E-state index contributed by atoms with van der Waals surface area (Å²) in [5.74, 6) is -0.839. The predicted octanol–water partition coefficient (Wildman–Crippen LogP) is 7.03. The van der Waals surface area contributed by atoms with Crippen molar-refractivity contribution in [3.8, 4) is 11.5 Å². The minimum Gasteiger partial charge on any atom is -0.497 e. The molecule has 0 radical (unpaired) electrons. The molecule has 0 aliphatic heterocycles. The fourth-order valence-corrected chi connectivity index (χ4v) is 5.00. The number of aromatic nitrogens is 1. The molecular formula is C31H27ClFNO5. The summed E-state index contributed by atoms with van der Waals surface area (Å²) in [4.78, 5) is 16.3. The Bertz CT molecular complexity index is 1570. The van der Waals surface area contributed by atoms with Crippen molar-refractivity contribution in [2.75, 3.05) is 20.8 Å². The third-order valence-electron chi connectivity index (χ3n) is 7.16. The molecule has 1 aliphatic rings. The zero-order valence-electron chi connectivity index (χ0n) is 21.5. The predicted molar refractivity (Wildman–Crippen MR) is 149 cm³/mol. The average Bonchev–Trinajstić information content (AvgIpc) is 3.75. The van der Waals surface area contributed by atoms with Crippen LogP contribution in [0.2, 0.25) is 5.02 Å². The lowest BCUT2D eigenvalue weighted by Crippen LogP contribution is -2.34. The summed E-state index contributed by atoms with van der Waals surface area (Å²) in [6, 6.07) is 19.5. The van der Waals surface area contributed by atoms with E-state index in [1.165, 1.54) is 25.3 Å². The lowest BCUT2D eigenvalue weighted by molar-refractivity contribution is 0.0292. The van der Waals surface area contributed by atoms with Crippen LogP contribution in [0.4, 0.5) is 4.39 Å². The lowest BCUT2D eigenvalue weighted by Gasteiger charge is -2.27. The first-order chi connectivity index (χ1) is 18.8. The molecule has 200 valence electrons. The zero-order chi connectivity index (χ0) is 27.6. The second-order valence-corrected chi connectivity index (χ2v) is 9.92. The number of hydrogen-bond acceptors (Lipinski definition) is 5. The molecule has 0 spiro atoms. The van der Waals surface area contributed by atoms with E-state index in [-0.39, 0.29) is 34.5 Å². The molecule has 3 aromatic carbocycles. The quantitative estimate of drug-likeness (QED) is 0.230. The minimum absolute atomic E-state index is 0.0379. The van der Waals surface area contributed by atoms with Crippen LogP contribution < -0.4 is 9.47 Å². The van der Waals surface area contributed by atoms with Crippen molar-refractivity contribution in [1.29, 1.82) is 0 Å². The smallest absolute Gasteiger partial charge is 0.339 e. The van der Waals surface area contributed by atoms with Gasteiger partial charge in [0.2, 0.25) is 0 Å². The van der Waals surface area contributed by atoms with E-state index in [2.05, 4.69) is 17.1 Å². The highest BCUT2D eigenvalue weighted by molar-refractivity contribution is 6.31. The van der Waals surface area contributed by atoms with Crippen LogP contribution in [0.3, 0.4) is 0 Å². The lowest BCUT2D eigenvalue weighted by atomic mass is 9.89. The molecule has 1 fully saturated rings. The van der Waals surface area contributed by atoms with Crippen LogP contribution >= 0.6 is 11.6 Å². The van der Waals surface area contributed by atoms with E-state index in [4.69, 9.17) is 25.8 Å². The van der Waals surface area contributed by atoms with Gasteiger partial charge >= 0.3 is 5.97 Å². The number of ether oxygens (including phenoxy) is 3. The zero-order valence-corrected chi connectivity index (χ0v) is 22.2. The van der Waals surface area contributed by atoms with Crippen molar-refractivity contribution in [3.63, 3.8) is 0 Å². The summed E-state index contributed by atoms with van der Waals surface area (Å²) in [7, 11) is 3.13. The summed E-state index contributed by atoms with van der Waals surface area (Å²) in [6.07, 6.45) is 5.48. The summed E-state index contributed by atoms with van der Waals surface area (Å²) >= 11 is 5.92. The first-order valence-electron chi connectivity index (χ1n) is 12.4. The Morgan fingerprint density at radius 3 is 2.64 bits per heavy atom. The maximum absolute atomic E-state index is 13.7. The number of methoxy groups -OCH3 is 2. The molecule has 0 amide bonds. The van der Waals surface area contributed by atoms with Gasteiger partial charge in [-0.3, -0.25) is 0 Å². The number of fused-ring (bicyclic) bond motifs is 1. The van der Waals surface area contributed by atoms with Crippen molar-refractivity contribution < 1.29 is 28.5 Å². The van der Waals surface area contributed by atoms with Gasteiger partial charge in [-0.25, -0.2) is 14.2 Å². The number of halogens is 2. The van der Waals surface area contributed by atoms with E-state index in [9.17, 15) is 14.3 Å². The molecule has 0 unspecified atom stereocenters. The molecule has 1 heterocycles. The second kappa shape index (κ2) is 11.0. The Morgan fingerprint density at radius 2 is 1.92 bits per heavy atom. The molecule has 4 aromatic rings. The number of rotatable bonds is 10. The Balaban J connectivity index is 1.34. The van der Waals surface area contributed by atoms with E-state index in [0.29, 0.717) is 16.7 Å². The van der Waals surface area contributed by atoms with Crippen LogP contribution in [-0.2, 0) is 10.2 Å². The maximum atomic E-state index is 13.7. The number of benzene rings is 3. The number of hydrogen-bond donors (Lipinski definition) is 1. The Kier molecular flexibility index (Phi) is 7.55.